The van der Waals surface area contributed by atoms with E-state index in [4.69, 9.17) is 0 Å². The maximum absolute atomic E-state index is 4.32. The van der Waals surface area contributed by atoms with Crippen molar-refractivity contribution in [2.24, 2.45) is 5.92 Å². The summed E-state index contributed by atoms with van der Waals surface area (Å²) in [6, 6.07) is 4.11. The standard InChI is InChI=1S/C13H18N4/c1-10-4-5-12-15-16-13(17(12)9-10)7-11-3-2-6-14-8-11/h4-5,9,11,14H,2-3,6-8H2,1H3. The maximum atomic E-state index is 4.32. The Hall–Kier alpha value is -1.42. The molecule has 90 valence electrons. The second-order valence-corrected chi connectivity index (χ2v) is 4.97. The van der Waals surface area contributed by atoms with Crippen LogP contribution in [0.5, 0.6) is 0 Å². The Morgan fingerprint density at radius 3 is 3.18 bits per heavy atom. The van der Waals surface area contributed by atoms with Crippen molar-refractivity contribution in [3.8, 4) is 0 Å². The van der Waals surface area contributed by atoms with Gasteiger partial charge in [0.15, 0.2) is 5.65 Å². The Morgan fingerprint density at radius 2 is 2.35 bits per heavy atom. The third-order valence-electron chi connectivity index (χ3n) is 3.49. The zero-order valence-electron chi connectivity index (χ0n) is 10.2. The lowest BCUT2D eigenvalue weighted by molar-refractivity contribution is 0.370. The summed E-state index contributed by atoms with van der Waals surface area (Å²) in [7, 11) is 0. The van der Waals surface area contributed by atoms with E-state index in [0.29, 0.717) is 5.92 Å². The molecule has 17 heavy (non-hydrogen) atoms. The third kappa shape index (κ3) is 2.17. The van der Waals surface area contributed by atoms with Gasteiger partial charge in [0.1, 0.15) is 5.82 Å². The van der Waals surface area contributed by atoms with Crippen LogP contribution in [-0.4, -0.2) is 27.7 Å². The molecule has 0 aromatic carbocycles. The molecule has 0 bridgehead atoms. The van der Waals surface area contributed by atoms with Gasteiger partial charge in [-0.3, -0.25) is 4.40 Å². The van der Waals surface area contributed by atoms with Crippen LogP contribution in [0.25, 0.3) is 5.65 Å². The second-order valence-electron chi connectivity index (χ2n) is 4.97. The highest BCUT2D eigenvalue weighted by Gasteiger charge is 2.16. The van der Waals surface area contributed by atoms with E-state index in [1.165, 1.54) is 18.4 Å². The first-order valence-electron chi connectivity index (χ1n) is 6.34. The smallest absolute Gasteiger partial charge is 0.160 e. The van der Waals surface area contributed by atoms with E-state index >= 15 is 0 Å². The minimum absolute atomic E-state index is 0.705. The Kier molecular flexibility index (Phi) is 2.81. The minimum Gasteiger partial charge on any atom is -0.316 e. The summed E-state index contributed by atoms with van der Waals surface area (Å²) in [5, 5.41) is 12.0. The van der Waals surface area contributed by atoms with Crippen molar-refractivity contribution in [2.45, 2.75) is 26.2 Å². The van der Waals surface area contributed by atoms with Crippen molar-refractivity contribution in [2.75, 3.05) is 13.1 Å². The lowest BCUT2D eigenvalue weighted by atomic mass is 9.96. The number of aryl methyl sites for hydroxylation is 1. The average Bonchev–Trinajstić information content (AvgIpc) is 2.73. The summed E-state index contributed by atoms with van der Waals surface area (Å²) in [5.74, 6) is 1.80. The van der Waals surface area contributed by atoms with Gasteiger partial charge in [-0.15, -0.1) is 10.2 Å². The molecule has 4 nitrogen and oxygen atoms in total. The number of nitrogens with zero attached hydrogens (tertiary/aromatic N) is 3. The van der Waals surface area contributed by atoms with E-state index in [0.717, 1.165) is 31.0 Å². The molecule has 2 aromatic rings. The van der Waals surface area contributed by atoms with Gasteiger partial charge in [-0.05, 0) is 50.4 Å². The molecule has 1 fully saturated rings. The molecular formula is C13H18N4. The quantitative estimate of drug-likeness (QED) is 0.851. The highest BCUT2D eigenvalue weighted by atomic mass is 15.2. The molecule has 0 saturated carbocycles. The molecule has 1 N–H and O–H groups in total. The fourth-order valence-electron chi connectivity index (χ4n) is 2.54. The summed E-state index contributed by atoms with van der Waals surface area (Å²) in [6.07, 6.45) is 5.73. The first-order chi connectivity index (χ1) is 8.33. The van der Waals surface area contributed by atoms with Crippen molar-refractivity contribution in [3.05, 3.63) is 29.7 Å². The van der Waals surface area contributed by atoms with E-state index < -0.39 is 0 Å². The average molecular weight is 230 g/mol. The van der Waals surface area contributed by atoms with Crippen molar-refractivity contribution >= 4 is 5.65 Å². The van der Waals surface area contributed by atoms with Gasteiger partial charge >= 0.3 is 0 Å². The zero-order chi connectivity index (χ0) is 11.7. The van der Waals surface area contributed by atoms with Crippen LogP contribution in [0.2, 0.25) is 0 Å². The summed E-state index contributed by atoms with van der Waals surface area (Å²) in [4.78, 5) is 0. The first kappa shape index (κ1) is 10.7. The summed E-state index contributed by atoms with van der Waals surface area (Å²) in [5.41, 5.74) is 2.20. The van der Waals surface area contributed by atoms with Crippen molar-refractivity contribution in [1.82, 2.24) is 19.9 Å². The van der Waals surface area contributed by atoms with Gasteiger partial charge in [-0.2, -0.15) is 0 Å². The fraction of sp³-hybridized carbons (Fsp3) is 0.538. The van der Waals surface area contributed by atoms with E-state index in [1.54, 1.807) is 0 Å². The predicted molar refractivity (Wildman–Crippen MR) is 67.0 cm³/mol. The SMILES string of the molecule is Cc1ccc2nnc(CC3CCCNC3)n2c1. The van der Waals surface area contributed by atoms with Crippen LogP contribution in [0, 0.1) is 12.8 Å². The fourth-order valence-corrected chi connectivity index (χ4v) is 2.54. The molecule has 1 atom stereocenters. The van der Waals surface area contributed by atoms with Gasteiger partial charge in [0.25, 0.3) is 0 Å². The number of nitrogens with one attached hydrogen (secondary N) is 1. The Labute approximate surface area is 101 Å². The van der Waals surface area contributed by atoms with Crippen LogP contribution < -0.4 is 5.32 Å². The van der Waals surface area contributed by atoms with Crippen molar-refractivity contribution in [3.63, 3.8) is 0 Å². The van der Waals surface area contributed by atoms with Crippen LogP contribution in [0.4, 0.5) is 0 Å². The molecule has 2 aromatic heterocycles. The topological polar surface area (TPSA) is 42.2 Å². The zero-order valence-corrected chi connectivity index (χ0v) is 10.2. The van der Waals surface area contributed by atoms with Crippen LogP contribution in [-0.2, 0) is 6.42 Å². The van der Waals surface area contributed by atoms with E-state index in [-0.39, 0.29) is 0 Å². The van der Waals surface area contributed by atoms with Gasteiger partial charge in [-0.1, -0.05) is 6.07 Å². The molecule has 0 radical (unpaired) electrons. The molecule has 1 aliphatic rings. The molecule has 0 aliphatic carbocycles. The van der Waals surface area contributed by atoms with Crippen LogP contribution in [0.15, 0.2) is 18.3 Å². The van der Waals surface area contributed by atoms with Crippen LogP contribution in [0.1, 0.15) is 24.2 Å². The number of rotatable bonds is 2. The molecule has 1 aliphatic heterocycles. The van der Waals surface area contributed by atoms with E-state index in [9.17, 15) is 0 Å². The van der Waals surface area contributed by atoms with E-state index in [2.05, 4.69) is 39.1 Å². The van der Waals surface area contributed by atoms with Crippen molar-refractivity contribution in [1.29, 1.82) is 0 Å². The van der Waals surface area contributed by atoms with Crippen LogP contribution >= 0.6 is 0 Å². The summed E-state index contributed by atoms with van der Waals surface area (Å²) >= 11 is 0. The summed E-state index contributed by atoms with van der Waals surface area (Å²) in [6.45, 7) is 4.38. The first-order valence-corrected chi connectivity index (χ1v) is 6.34. The number of pyridine rings is 1. The molecule has 3 heterocycles. The van der Waals surface area contributed by atoms with Gasteiger partial charge < -0.3 is 5.32 Å². The van der Waals surface area contributed by atoms with Gasteiger partial charge in [0, 0.05) is 12.6 Å². The Balaban J connectivity index is 1.86. The third-order valence-corrected chi connectivity index (χ3v) is 3.49. The van der Waals surface area contributed by atoms with Crippen molar-refractivity contribution < 1.29 is 0 Å². The Morgan fingerprint density at radius 1 is 1.41 bits per heavy atom. The highest BCUT2D eigenvalue weighted by Crippen LogP contribution is 2.16. The molecule has 1 saturated heterocycles. The largest absolute Gasteiger partial charge is 0.316 e. The monoisotopic (exact) mass is 230 g/mol. The number of hydrogen-bond acceptors (Lipinski definition) is 3. The lowest BCUT2D eigenvalue weighted by Crippen LogP contribution is -2.31. The molecule has 0 spiro atoms. The number of hydrogen-bond donors (Lipinski definition) is 1. The molecule has 0 amide bonds. The lowest BCUT2D eigenvalue weighted by Gasteiger charge is -2.21. The highest BCUT2D eigenvalue weighted by molar-refractivity contribution is 5.39. The molecule has 1 unspecified atom stereocenters. The van der Waals surface area contributed by atoms with Gasteiger partial charge in [0.2, 0.25) is 0 Å². The van der Waals surface area contributed by atoms with E-state index in [1.807, 2.05) is 6.07 Å². The molecular weight excluding hydrogens is 212 g/mol. The van der Waals surface area contributed by atoms with Crippen LogP contribution in [0.3, 0.4) is 0 Å². The predicted octanol–water partition coefficient (Wildman–Crippen LogP) is 1.58. The molecule has 3 rings (SSSR count). The maximum Gasteiger partial charge on any atom is 0.160 e. The van der Waals surface area contributed by atoms with Gasteiger partial charge in [-0.25, -0.2) is 0 Å². The Bertz CT molecular complexity index is 511. The minimum atomic E-state index is 0.705. The summed E-state index contributed by atoms with van der Waals surface area (Å²) < 4.78 is 2.13. The van der Waals surface area contributed by atoms with Gasteiger partial charge in [0.05, 0.1) is 0 Å². The number of piperidine rings is 1. The number of fused-ring (bicyclic) bond motifs is 1. The molecule has 4 heteroatoms. The normalized spacial score (nSPS) is 20.9. The number of aromatic nitrogens is 3. The second kappa shape index (κ2) is 4.45.